The lowest BCUT2D eigenvalue weighted by atomic mass is 10.0. The van der Waals surface area contributed by atoms with Gasteiger partial charge in [-0.2, -0.15) is 5.26 Å². The zero-order chi connectivity index (χ0) is 16.9. The number of amides is 1. The molecule has 0 aliphatic carbocycles. The summed E-state index contributed by atoms with van der Waals surface area (Å²) in [5.41, 5.74) is 2.41. The van der Waals surface area contributed by atoms with E-state index in [0.29, 0.717) is 12.2 Å². The molecule has 1 aliphatic heterocycles. The van der Waals surface area contributed by atoms with E-state index in [9.17, 15) is 15.2 Å². The number of aryl methyl sites for hydroxylation is 1. The van der Waals surface area contributed by atoms with Crippen LogP contribution in [0, 0.1) is 11.3 Å². The average molecular weight is 319 g/mol. The van der Waals surface area contributed by atoms with Gasteiger partial charge in [-0.25, -0.2) is 0 Å². The number of aromatic hydroxyl groups is 1. The predicted octanol–water partition coefficient (Wildman–Crippen LogP) is 3.19. The van der Waals surface area contributed by atoms with Gasteiger partial charge in [-0.3, -0.25) is 4.79 Å². The van der Waals surface area contributed by atoms with E-state index in [1.165, 1.54) is 12.3 Å². The van der Waals surface area contributed by atoms with Crippen LogP contribution >= 0.6 is 0 Å². The van der Waals surface area contributed by atoms with E-state index in [-0.39, 0.29) is 17.2 Å². The van der Waals surface area contributed by atoms with Gasteiger partial charge in [0.05, 0.1) is 5.69 Å². The van der Waals surface area contributed by atoms with Crippen LogP contribution in [-0.4, -0.2) is 17.6 Å². The quantitative estimate of drug-likeness (QED) is 0.517. The van der Waals surface area contributed by atoms with Gasteiger partial charge in [0.15, 0.2) is 0 Å². The van der Waals surface area contributed by atoms with Crippen molar-refractivity contribution in [3.63, 3.8) is 0 Å². The van der Waals surface area contributed by atoms with Gasteiger partial charge in [0.2, 0.25) is 0 Å². The number of benzene rings is 2. The molecule has 2 aromatic carbocycles. The molecule has 3 rings (SSSR count). The maximum Gasteiger partial charge on any atom is 0.270 e. The molecular formula is C19H17N3O2. The highest BCUT2D eigenvalue weighted by Crippen LogP contribution is 2.28. The number of hydrogen-bond acceptors (Lipinski definition) is 4. The Morgan fingerprint density at radius 3 is 2.75 bits per heavy atom. The minimum atomic E-state index is -0.340. The van der Waals surface area contributed by atoms with Crippen LogP contribution in [0.1, 0.15) is 12.0 Å². The smallest absolute Gasteiger partial charge is 0.270 e. The van der Waals surface area contributed by atoms with Gasteiger partial charge in [-0.1, -0.05) is 30.3 Å². The summed E-state index contributed by atoms with van der Waals surface area (Å²) in [7, 11) is 0. The van der Waals surface area contributed by atoms with E-state index in [1.807, 2.05) is 30.3 Å². The summed E-state index contributed by atoms with van der Waals surface area (Å²) >= 11 is 0. The molecule has 1 aliphatic rings. The fraction of sp³-hybridized carbons (Fsp3) is 0.158. The molecule has 0 unspecified atom stereocenters. The molecule has 5 nitrogen and oxygen atoms in total. The Morgan fingerprint density at radius 2 is 1.96 bits per heavy atom. The van der Waals surface area contributed by atoms with Crippen molar-refractivity contribution in [2.24, 2.45) is 0 Å². The summed E-state index contributed by atoms with van der Waals surface area (Å²) in [6.45, 7) is 0.589. The first-order valence-electron chi connectivity index (χ1n) is 7.75. The summed E-state index contributed by atoms with van der Waals surface area (Å²) < 4.78 is 0. The number of carbonyl (C=O) groups is 1. The Kier molecular flexibility index (Phi) is 4.48. The molecule has 2 N–H and O–H groups in total. The molecule has 2 aromatic rings. The van der Waals surface area contributed by atoms with Crippen LogP contribution < -0.4 is 10.2 Å². The molecule has 0 atom stereocenters. The highest BCUT2D eigenvalue weighted by atomic mass is 16.3. The molecule has 0 fully saturated rings. The summed E-state index contributed by atoms with van der Waals surface area (Å²) in [4.78, 5) is 14.4. The van der Waals surface area contributed by atoms with Gasteiger partial charge in [-0.15, -0.1) is 0 Å². The van der Waals surface area contributed by atoms with Crippen LogP contribution in [-0.2, 0) is 11.2 Å². The lowest BCUT2D eigenvalue weighted by molar-refractivity contribution is -0.114. The maximum absolute atomic E-state index is 12.7. The Hall–Kier alpha value is -3.26. The van der Waals surface area contributed by atoms with Crippen molar-refractivity contribution in [1.82, 2.24) is 0 Å². The number of nitrogens with one attached hydrogen (secondary N) is 1. The van der Waals surface area contributed by atoms with Gasteiger partial charge in [0.25, 0.3) is 5.91 Å². The minimum absolute atomic E-state index is 0.00467. The summed E-state index contributed by atoms with van der Waals surface area (Å²) in [6.07, 6.45) is 3.14. The molecule has 24 heavy (non-hydrogen) atoms. The molecule has 0 bridgehead atoms. The van der Waals surface area contributed by atoms with Crippen LogP contribution in [0.15, 0.2) is 60.3 Å². The first-order valence-corrected chi connectivity index (χ1v) is 7.75. The van der Waals surface area contributed by atoms with Crippen molar-refractivity contribution in [3.8, 4) is 11.8 Å². The number of nitrogens with zero attached hydrogens (tertiary/aromatic N) is 2. The SMILES string of the molecule is N#C/C(=C/Nc1ccccc1O)C(=O)N1CCCc2ccccc21. The molecular weight excluding hydrogens is 302 g/mol. The molecule has 0 saturated carbocycles. The number of hydrogen-bond donors (Lipinski definition) is 2. The molecule has 1 heterocycles. The Bertz CT molecular complexity index is 837. The fourth-order valence-electron chi connectivity index (χ4n) is 2.78. The van der Waals surface area contributed by atoms with Crippen LogP contribution in [0.2, 0.25) is 0 Å². The monoisotopic (exact) mass is 319 g/mol. The second kappa shape index (κ2) is 6.88. The maximum atomic E-state index is 12.7. The third-order valence-corrected chi connectivity index (χ3v) is 3.98. The third-order valence-electron chi connectivity index (χ3n) is 3.98. The Balaban J connectivity index is 1.84. The Morgan fingerprint density at radius 1 is 1.21 bits per heavy atom. The first kappa shape index (κ1) is 15.6. The number of carbonyl (C=O) groups excluding carboxylic acids is 1. The standard InChI is InChI=1S/C19H17N3O2/c20-12-15(13-21-16-8-2-4-10-18(16)23)19(24)22-11-5-7-14-6-1-3-9-17(14)22/h1-4,6,8-10,13,21,23H,5,7,11H2/b15-13-. The lowest BCUT2D eigenvalue weighted by Crippen LogP contribution is -2.36. The van der Waals surface area contributed by atoms with E-state index >= 15 is 0 Å². The van der Waals surface area contributed by atoms with E-state index in [0.717, 1.165) is 24.1 Å². The number of fused-ring (bicyclic) bond motifs is 1. The summed E-state index contributed by atoms with van der Waals surface area (Å²) in [5.74, 6) is -0.283. The average Bonchev–Trinajstić information content (AvgIpc) is 2.63. The fourth-order valence-corrected chi connectivity index (χ4v) is 2.78. The summed E-state index contributed by atoms with van der Waals surface area (Å²) in [6, 6.07) is 16.3. The normalized spacial score (nSPS) is 13.8. The van der Waals surface area contributed by atoms with E-state index in [4.69, 9.17) is 0 Å². The zero-order valence-electron chi connectivity index (χ0n) is 13.1. The number of nitriles is 1. The minimum Gasteiger partial charge on any atom is -0.506 e. The second-order valence-electron chi connectivity index (χ2n) is 5.52. The van der Waals surface area contributed by atoms with Crippen molar-refractivity contribution in [1.29, 1.82) is 5.26 Å². The molecule has 0 radical (unpaired) electrons. The van der Waals surface area contributed by atoms with Crippen LogP contribution in [0.3, 0.4) is 0 Å². The van der Waals surface area contributed by atoms with Crippen molar-refractivity contribution < 1.29 is 9.90 Å². The number of rotatable bonds is 3. The molecule has 0 spiro atoms. The second-order valence-corrected chi connectivity index (χ2v) is 5.52. The van der Waals surface area contributed by atoms with E-state index in [1.54, 1.807) is 23.1 Å². The number of phenols is 1. The summed E-state index contributed by atoms with van der Waals surface area (Å²) in [5, 5.41) is 21.9. The van der Waals surface area contributed by atoms with Crippen LogP contribution in [0.25, 0.3) is 0 Å². The van der Waals surface area contributed by atoms with E-state index in [2.05, 4.69) is 5.32 Å². The van der Waals surface area contributed by atoms with Gasteiger partial charge in [0, 0.05) is 18.4 Å². The Labute approximate surface area is 140 Å². The highest BCUT2D eigenvalue weighted by molar-refractivity contribution is 6.09. The zero-order valence-corrected chi connectivity index (χ0v) is 13.1. The van der Waals surface area contributed by atoms with Crippen molar-refractivity contribution >= 4 is 17.3 Å². The molecule has 0 aromatic heterocycles. The van der Waals surface area contributed by atoms with Gasteiger partial charge >= 0.3 is 0 Å². The molecule has 120 valence electrons. The molecule has 0 saturated heterocycles. The highest BCUT2D eigenvalue weighted by Gasteiger charge is 2.24. The van der Waals surface area contributed by atoms with Crippen molar-refractivity contribution in [2.45, 2.75) is 12.8 Å². The van der Waals surface area contributed by atoms with Gasteiger partial charge in [0.1, 0.15) is 17.4 Å². The lowest BCUT2D eigenvalue weighted by Gasteiger charge is -2.29. The van der Waals surface area contributed by atoms with Gasteiger partial charge < -0.3 is 15.3 Å². The third kappa shape index (κ3) is 3.08. The topological polar surface area (TPSA) is 76.4 Å². The molecule has 1 amide bonds. The van der Waals surface area contributed by atoms with Crippen LogP contribution in [0.5, 0.6) is 5.75 Å². The number of para-hydroxylation sites is 3. The van der Waals surface area contributed by atoms with E-state index < -0.39 is 0 Å². The number of anilines is 2. The predicted molar refractivity (Wildman–Crippen MR) is 92.5 cm³/mol. The number of phenolic OH excluding ortho intramolecular Hbond substituents is 1. The first-order chi connectivity index (χ1) is 11.7. The van der Waals surface area contributed by atoms with Gasteiger partial charge in [-0.05, 0) is 36.6 Å². The van der Waals surface area contributed by atoms with Crippen molar-refractivity contribution in [2.75, 3.05) is 16.8 Å². The largest absolute Gasteiger partial charge is 0.506 e. The van der Waals surface area contributed by atoms with Crippen molar-refractivity contribution in [3.05, 3.63) is 65.9 Å². The van der Waals surface area contributed by atoms with Crippen LogP contribution in [0.4, 0.5) is 11.4 Å². The molecule has 5 heteroatoms.